The molecule has 0 saturated carbocycles. The van der Waals surface area contributed by atoms with Crippen LogP contribution in [0.3, 0.4) is 0 Å². The fourth-order valence-electron chi connectivity index (χ4n) is 1.35. The Bertz CT molecular complexity index is 293. The van der Waals surface area contributed by atoms with Crippen LogP contribution < -0.4 is 10.1 Å². The van der Waals surface area contributed by atoms with Crippen LogP contribution in [-0.2, 0) is 0 Å². The van der Waals surface area contributed by atoms with Gasteiger partial charge in [0.15, 0.2) is 0 Å². The topological polar surface area (TPSA) is 41.5 Å². The van der Waals surface area contributed by atoms with Gasteiger partial charge < -0.3 is 15.2 Å². The van der Waals surface area contributed by atoms with Gasteiger partial charge in [-0.05, 0) is 51.5 Å². The van der Waals surface area contributed by atoms with Crippen LogP contribution in [0.25, 0.3) is 0 Å². The zero-order chi connectivity index (χ0) is 12.0. The third-order valence-corrected chi connectivity index (χ3v) is 2.12. The van der Waals surface area contributed by atoms with Crippen molar-refractivity contribution in [3.63, 3.8) is 0 Å². The van der Waals surface area contributed by atoms with Crippen LogP contribution >= 0.6 is 0 Å². The zero-order valence-electron chi connectivity index (χ0n) is 10.2. The summed E-state index contributed by atoms with van der Waals surface area (Å²) in [5.74, 6) is 0.885. The number of hydrogen-bond acceptors (Lipinski definition) is 3. The first-order chi connectivity index (χ1) is 7.58. The van der Waals surface area contributed by atoms with E-state index < -0.39 is 0 Å². The lowest BCUT2D eigenvalue weighted by Crippen LogP contribution is -2.09. The molecule has 3 nitrogen and oxygen atoms in total. The molecule has 16 heavy (non-hydrogen) atoms. The molecule has 0 bridgehead atoms. The second-order valence-corrected chi connectivity index (χ2v) is 4.26. The minimum absolute atomic E-state index is 0.203. The van der Waals surface area contributed by atoms with Crippen molar-refractivity contribution >= 4 is 5.69 Å². The number of anilines is 1. The van der Waals surface area contributed by atoms with E-state index in [4.69, 9.17) is 9.84 Å². The van der Waals surface area contributed by atoms with Crippen LogP contribution in [0.2, 0.25) is 0 Å². The van der Waals surface area contributed by atoms with E-state index in [-0.39, 0.29) is 12.2 Å². The highest BCUT2D eigenvalue weighted by molar-refractivity contribution is 5.46. The summed E-state index contributed by atoms with van der Waals surface area (Å²) in [7, 11) is 0. The Morgan fingerprint density at radius 1 is 1.19 bits per heavy atom. The van der Waals surface area contributed by atoms with Crippen molar-refractivity contribution in [2.75, 3.05) is 11.9 Å². The number of rotatable bonds is 6. The summed E-state index contributed by atoms with van der Waals surface area (Å²) in [6, 6.07) is 7.87. The molecule has 0 saturated heterocycles. The molecule has 0 aliphatic rings. The van der Waals surface area contributed by atoms with E-state index in [0.29, 0.717) is 0 Å². The molecule has 0 aliphatic heterocycles. The van der Waals surface area contributed by atoms with Gasteiger partial charge in [-0.25, -0.2) is 0 Å². The molecule has 1 aromatic carbocycles. The van der Waals surface area contributed by atoms with Gasteiger partial charge in [-0.3, -0.25) is 0 Å². The number of aliphatic hydroxyl groups is 1. The summed E-state index contributed by atoms with van der Waals surface area (Å²) in [4.78, 5) is 0. The monoisotopic (exact) mass is 223 g/mol. The van der Waals surface area contributed by atoms with Crippen molar-refractivity contribution in [1.82, 2.24) is 0 Å². The van der Waals surface area contributed by atoms with Gasteiger partial charge in [0.05, 0.1) is 12.2 Å². The highest BCUT2D eigenvalue weighted by Gasteiger charge is 1.98. The summed E-state index contributed by atoms with van der Waals surface area (Å²) in [5.41, 5.74) is 1.05. The molecule has 0 heterocycles. The standard InChI is InChI=1S/C13H21NO2/c1-10(2)16-13-6-4-12(5-7-13)14-9-8-11(3)15/h4-7,10-11,14-15H,8-9H2,1-3H3. The van der Waals surface area contributed by atoms with Crippen LogP contribution in [0.15, 0.2) is 24.3 Å². The number of ether oxygens (including phenoxy) is 1. The van der Waals surface area contributed by atoms with Gasteiger partial charge in [0.2, 0.25) is 0 Å². The molecule has 90 valence electrons. The normalized spacial score (nSPS) is 12.6. The molecule has 0 aliphatic carbocycles. The van der Waals surface area contributed by atoms with E-state index in [1.165, 1.54) is 0 Å². The highest BCUT2D eigenvalue weighted by Crippen LogP contribution is 2.16. The maximum atomic E-state index is 9.11. The molecule has 0 aromatic heterocycles. The van der Waals surface area contributed by atoms with Gasteiger partial charge in [0.25, 0.3) is 0 Å². The van der Waals surface area contributed by atoms with Crippen molar-refractivity contribution in [2.24, 2.45) is 0 Å². The molecule has 1 unspecified atom stereocenters. The van der Waals surface area contributed by atoms with Crippen molar-refractivity contribution in [3.05, 3.63) is 24.3 Å². The number of nitrogens with one attached hydrogen (secondary N) is 1. The van der Waals surface area contributed by atoms with Crippen molar-refractivity contribution in [2.45, 2.75) is 39.4 Å². The Kier molecular flexibility index (Phi) is 5.12. The van der Waals surface area contributed by atoms with E-state index in [1.807, 2.05) is 38.1 Å². The number of hydrogen-bond donors (Lipinski definition) is 2. The Labute approximate surface area is 97.4 Å². The molecular formula is C13H21NO2. The van der Waals surface area contributed by atoms with Gasteiger partial charge >= 0.3 is 0 Å². The first-order valence-corrected chi connectivity index (χ1v) is 5.76. The number of benzene rings is 1. The fourth-order valence-corrected chi connectivity index (χ4v) is 1.35. The molecule has 3 heteroatoms. The van der Waals surface area contributed by atoms with Crippen molar-refractivity contribution < 1.29 is 9.84 Å². The summed E-state index contributed by atoms with van der Waals surface area (Å²) in [6.45, 7) is 6.59. The second-order valence-electron chi connectivity index (χ2n) is 4.26. The van der Waals surface area contributed by atoms with Crippen molar-refractivity contribution in [1.29, 1.82) is 0 Å². The lowest BCUT2D eigenvalue weighted by Gasteiger charge is -2.11. The van der Waals surface area contributed by atoms with Gasteiger partial charge in [0.1, 0.15) is 5.75 Å². The molecule has 2 N–H and O–H groups in total. The average Bonchev–Trinajstić information content (AvgIpc) is 2.19. The van der Waals surface area contributed by atoms with Crippen molar-refractivity contribution in [3.8, 4) is 5.75 Å². The summed E-state index contributed by atoms with van der Waals surface area (Å²) in [6.07, 6.45) is 0.703. The van der Waals surface area contributed by atoms with E-state index in [2.05, 4.69) is 5.32 Å². The van der Waals surface area contributed by atoms with Crippen LogP contribution in [0, 0.1) is 0 Å². The fraction of sp³-hybridized carbons (Fsp3) is 0.538. The third kappa shape index (κ3) is 5.03. The maximum Gasteiger partial charge on any atom is 0.119 e. The zero-order valence-corrected chi connectivity index (χ0v) is 10.2. The molecule has 1 rings (SSSR count). The van der Waals surface area contributed by atoms with Gasteiger partial charge in [-0.2, -0.15) is 0 Å². The Balaban J connectivity index is 2.39. The highest BCUT2D eigenvalue weighted by atomic mass is 16.5. The SMILES string of the molecule is CC(O)CCNc1ccc(OC(C)C)cc1. The van der Waals surface area contributed by atoms with E-state index in [9.17, 15) is 0 Å². The summed E-state index contributed by atoms with van der Waals surface area (Å²) in [5, 5.41) is 12.4. The number of aliphatic hydroxyl groups excluding tert-OH is 1. The molecule has 1 atom stereocenters. The minimum Gasteiger partial charge on any atom is -0.491 e. The Morgan fingerprint density at radius 2 is 1.81 bits per heavy atom. The molecule has 0 amide bonds. The lowest BCUT2D eigenvalue weighted by atomic mass is 10.2. The summed E-state index contributed by atoms with van der Waals surface area (Å²) < 4.78 is 5.54. The average molecular weight is 223 g/mol. The van der Waals surface area contributed by atoms with E-state index >= 15 is 0 Å². The molecule has 0 spiro atoms. The lowest BCUT2D eigenvalue weighted by molar-refractivity contribution is 0.188. The van der Waals surface area contributed by atoms with Crippen LogP contribution in [0.5, 0.6) is 5.75 Å². The second kappa shape index (κ2) is 6.38. The van der Waals surface area contributed by atoms with Crippen LogP contribution in [0.1, 0.15) is 27.2 Å². The predicted molar refractivity (Wildman–Crippen MR) is 67.0 cm³/mol. The Hall–Kier alpha value is -1.22. The largest absolute Gasteiger partial charge is 0.491 e. The van der Waals surface area contributed by atoms with Crippen LogP contribution in [0.4, 0.5) is 5.69 Å². The van der Waals surface area contributed by atoms with Gasteiger partial charge in [0, 0.05) is 12.2 Å². The first kappa shape index (κ1) is 12.8. The van der Waals surface area contributed by atoms with E-state index in [0.717, 1.165) is 24.4 Å². The molecule has 0 fully saturated rings. The Morgan fingerprint density at radius 3 is 2.31 bits per heavy atom. The molecular weight excluding hydrogens is 202 g/mol. The predicted octanol–water partition coefficient (Wildman–Crippen LogP) is 2.66. The first-order valence-electron chi connectivity index (χ1n) is 5.76. The molecule has 1 aromatic rings. The van der Waals surface area contributed by atoms with Gasteiger partial charge in [-0.15, -0.1) is 0 Å². The third-order valence-electron chi connectivity index (χ3n) is 2.12. The van der Waals surface area contributed by atoms with Crippen LogP contribution in [-0.4, -0.2) is 23.9 Å². The van der Waals surface area contributed by atoms with E-state index in [1.54, 1.807) is 6.92 Å². The minimum atomic E-state index is -0.254. The summed E-state index contributed by atoms with van der Waals surface area (Å²) >= 11 is 0. The maximum absolute atomic E-state index is 9.11. The molecule has 0 radical (unpaired) electrons. The van der Waals surface area contributed by atoms with Gasteiger partial charge in [-0.1, -0.05) is 0 Å². The quantitative estimate of drug-likeness (QED) is 0.779. The smallest absolute Gasteiger partial charge is 0.119 e.